The van der Waals surface area contributed by atoms with Crippen LogP contribution in [-0.4, -0.2) is 80.8 Å². The first kappa shape index (κ1) is 29.0. The molecule has 2 heterocycles. The Morgan fingerprint density at radius 3 is 1.31 bits per heavy atom. The zero-order valence-corrected chi connectivity index (χ0v) is 23.4. The van der Waals surface area contributed by atoms with E-state index in [0.717, 1.165) is 77.3 Å². The number of rotatable bonds is 0. The van der Waals surface area contributed by atoms with Gasteiger partial charge in [0.2, 0.25) is 0 Å². The van der Waals surface area contributed by atoms with Gasteiger partial charge in [0.05, 0.1) is 12.2 Å². The van der Waals surface area contributed by atoms with Crippen LogP contribution in [-0.2, 0) is 9.47 Å². The normalized spacial score (nSPS) is 32.9. The fourth-order valence-corrected chi connectivity index (χ4v) is 6.41. The topological polar surface area (TPSA) is 99.5 Å². The summed E-state index contributed by atoms with van der Waals surface area (Å²) in [4.78, 5) is 28.1. The Balaban J connectivity index is 0.000000201. The molecule has 4 rings (SSSR count). The number of aliphatic hydroxyl groups excluding tert-OH is 2. The van der Waals surface area contributed by atoms with E-state index in [2.05, 4.69) is 0 Å². The third-order valence-electron chi connectivity index (χ3n) is 7.91. The third-order valence-corrected chi connectivity index (χ3v) is 7.91. The van der Waals surface area contributed by atoms with Crippen molar-refractivity contribution in [3.8, 4) is 0 Å². The number of amides is 2. The Bertz CT molecular complexity index is 683. The van der Waals surface area contributed by atoms with Crippen LogP contribution >= 0.6 is 0 Å². The van der Waals surface area contributed by atoms with Crippen LogP contribution in [0.1, 0.15) is 106 Å². The average molecular weight is 511 g/mol. The number of nitrogens with zero attached hydrogens (tertiary/aromatic N) is 2. The zero-order valence-electron chi connectivity index (χ0n) is 23.4. The number of hydrogen-bond donors (Lipinski definition) is 2. The van der Waals surface area contributed by atoms with Crippen molar-refractivity contribution in [2.45, 2.75) is 141 Å². The van der Waals surface area contributed by atoms with Gasteiger partial charge in [0.25, 0.3) is 0 Å². The van der Waals surface area contributed by atoms with Gasteiger partial charge in [-0.25, -0.2) is 9.59 Å². The van der Waals surface area contributed by atoms with Gasteiger partial charge in [-0.3, -0.25) is 0 Å². The maximum absolute atomic E-state index is 12.2. The number of aliphatic hydroxyl groups is 2. The molecule has 4 fully saturated rings. The van der Waals surface area contributed by atoms with Crippen LogP contribution in [0, 0.1) is 11.8 Å². The molecule has 4 aliphatic rings. The molecule has 2 aliphatic heterocycles. The van der Waals surface area contributed by atoms with Gasteiger partial charge in [-0.15, -0.1) is 0 Å². The Kier molecular flexibility index (Phi) is 9.58. The predicted molar refractivity (Wildman–Crippen MR) is 139 cm³/mol. The molecule has 0 aromatic carbocycles. The largest absolute Gasteiger partial charge is 0.444 e. The standard InChI is InChI=1S/2C14H25NO3/c2*1-14(2,3)18-13(17)15-9-5-6-10-11(15)7-4-8-12(10)16/h2*10-12,16H,4-9H2,1-3H3/t2*10-,11-,12+/m10/s1. The summed E-state index contributed by atoms with van der Waals surface area (Å²) in [6, 6.07) is 0.356. The number of carbonyl (C=O) groups is 2. The molecule has 2 N–H and O–H groups in total. The molecule has 0 unspecified atom stereocenters. The highest BCUT2D eigenvalue weighted by atomic mass is 16.6. The first-order valence-corrected chi connectivity index (χ1v) is 14.1. The lowest BCUT2D eigenvalue weighted by Crippen LogP contribution is -2.54. The third kappa shape index (κ3) is 7.73. The van der Waals surface area contributed by atoms with Crippen molar-refractivity contribution >= 4 is 12.2 Å². The summed E-state index contributed by atoms with van der Waals surface area (Å²) < 4.78 is 10.9. The number of hydrogen-bond acceptors (Lipinski definition) is 6. The maximum atomic E-state index is 12.2. The van der Waals surface area contributed by atoms with Gasteiger partial charge in [-0.05, 0) is 106 Å². The summed E-state index contributed by atoms with van der Waals surface area (Å²) in [6.45, 7) is 12.9. The summed E-state index contributed by atoms with van der Waals surface area (Å²) in [6.07, 6.45) is 8.85. The van der Waals surface area contributed by atoms with Gasteiger partial charge in [0.15, 0.2) is 0 Å². The molecule has 6 atom stereocenters. The van der Waals surface area contributed by atoms with Crippen molar-refractivity contribution in [2.75, 3.05) is 13.1 Å². The Hall–Kier alpha value is -1.54. The predicted octanol–water partition coefficient (Wildman–Crippen LogP) is 5.09. The van der Waals surface area contributed by atoms with Gasteiger partial charge >= 0.3 is 12.2 Å². The monoisotopic (exact) mass is 510 g/mol. The van der Waals surface area contributed by atoms with E-state index in [-0.39, 0.29) is 48.3 Å². The molecular formula is C28H50N2O6. The van der Waals surface area contributed by atoms with Crippen molar-refractivity contribution in [3.63, 3.8) is 0 Å². The lowest BCUT2D eigenvalue weighted by atomic mass is 9.76. The first-order chi connectivity index (χ1) is 16.8. The Morgan fingerprint density at radius 1 is 0.611 bits per heavy atom. The van der Waals surface area contributed by atoms with Gasteiger partial charge in [-0.1, -0.05) is 0 Å². The van der Waals surface area contributed by atoms with Crippen molar-refractivity contribution < 1.29 is 29.3 Å². The van der Waals surface area contributed by atoms with Crippen LogP contribution < -0.4 is 0 Å². The highest BCUT2D eigenvalue weighted by Crippen LogP contribution is 2.37. The molecule has 2 amide bonds. The van der Waals surface area contributed by atoms with E-state index in [1.807, 2.05) is 51.3 Å². The summed E-state index contributed by atoms with van der Waals surface area (Å²) >= 11 is 0. The van der Waals surface area contributed by atoms with E-state index in [1.165, 1.54) is 0 Å². The highest BCUT2D eigenvalue weighted by Gasteiger charge is 2.42. The minimum atomic E-state index is -0.447. The molecule has 2 saturated carbocycles. The lowest BCUT2D eigenvalue weighted by Gasteiger charge is -2.46. The van der Waals surface area contributed by atoms with Gasteiger partial charge in [-0.2, -0.15) is 0 Å². The Labute approximate surface area is 217 Å². The molecule has 2 saturated heterocycles. The molecule has 8 nitrogen and oxygen atoms in total. The average Bonchev–Trinajstić information content (AvgIpc) is 2.77. The van der Waals surface area contributed by atoms with E-state index in [1.54, 1.807) is 0 Å². The summed E-state index contributed by atoms with van der Waals surface area (Å²) in [5, 5.41) is 20.1. The van der Waals surface area contributed by atoms with Crippen LogP contribution in [0.4, 0.5) is 9.59 Å². The first-order valence-electron chi connectivity index (χ1n) is 14.1. The van der Waals surface area contributed by atoms with Crippen LogP contribution in [0.2, 0.25) is 0 Å². The van der Waals surface area contributed by atoms with Gasteiger partial charge < -0.3 is 29.5 Å². The fourth-order valence-electron chi connectivity index (χ4n) is 6.41. The summed E-state index contributed by atoms with van der Waals surface area (Å²) in [7, 11) is 0. The van der Waals surface area contributed by atoms with Crippen molar-refractivity contribution in [2.24, 2.45) is 11.8 Å². The summed E-state index contributed by atoms with van der Waals surface area (Å²) in [5.74, 6) is 0.500. The zero-order chi connectivity index (χ0) is 26.7. The molecule has 0 radical (unpaired) electrons. The molecule has 0 aromatic rings. The minimum absolute atomic E-state index is 0.178. The molecule has 36 heavy (non-hydrogen) atoms. The summed E-state index contributed by atoms with van der Waals surface area (Å²) in [5.41, 5.74) is -0.894. The van der Waals surface area contributed by atoms with E-state index >= 15 is 0 Å². The number of ether oxygens (including phenoxy) is 2. The molecule has 208 valence electrons. The van der Waals surface area contributed by atoms with Crippen molar-refractivity contribution in [1.29, 1.82) is 0 Å². The SMILES string of the molecule is CC(C)(C)OC(=O)N1CCC[C@@H]2[C@H](O)CCC[C@@H]21.CC(C)(C)OC(=O)N1CCC[C@@H]2[C@H]1CCC[C@@H]2O. The fraction of sp³-hybridized carbons (Fsp3) is 0.929. The Morgan fingerprint density at radius 2 is 0.972 bits per heavy atom. The van der Waals surface area contributed by atoms with E-state index in [4.69, 9.17) is 9.47 Å². The van der Waals surface area contributed by atoms with Crippen LogP contribution in [0.15, 0.2) is 0 Å². The second-order valence-electron chi connectivity index (χ2n) is 13.1. The van der Waals surface area contributed by atoms with Gasteiger partial charge in [0.1, 0.15) is 11.2 Å². The minimum Gasteiger partial charge on any atom is -0.444 e. The number of carbonyl (C=O) groups excluding carboxylic acids is 2. The van der Waals surface area contributed by atoms with Crippen LogP contribution in [0.3, 0.4) is 0 Å². The van der Waals surface area contributed by atoms with Crippen LogP contribution in [0.5, 0.6) is 0 Å². The van der Waals surface area contributed by atoms with Crippen LogP contribution in [0.25, 0.3) is 0 Å². The molecule has 0 bridgehead atoms. The molecule has 8 heteroatoms. The molecule has 2 aliphatic carbocycles. The van der Waals surface area contributed by atoms with Gasteiger partial charge in [0, 0.05) is 37.0 Å². The second-order valence-corrected chi connectivity index (χ2v) is 13.1. The second kappa shape index (κ2) is 11.9. The molecule has 0 aromatic heterocycles. The molecule has 0 spiro atoms. The smallest absolute Gasteiger partial charge is 0.410 e. The number of piperidine rings is 2. The quantitative estimate of drug-likeness (QED) is 0.471. The van der Waals surface area contributed by atoms with Crippen molar-refractivity contribution in [1.82, 2.24) is 9.80 Å². The molecular weight excluding hydrogens is 460 g/mol. The van der Waals surface area contributed by atoms with E-state index < -0.39 is 11.2 Å². The van der Waals surface area contributed by atoms with E-state index in [0.29, 0.717) is 0 Å². The van der Waals surface area contributed by atoms with Crippen molar-refractivity contribution in [3.05, 3.63) is 0 Å². The lowest BCUT2D eigenvalue weighted by molar-refractivity contribution is -0.0423. The number of likely N-dealkylation sites (tertiary alicyclic amines) is 2. The van der Waals surface area contributed by atoms with E-state index in [9.17, 15) is 19.8 Å². The maximum Gasteiger partial charge on any atom is 0.410 e. The highest BCUT2D eigenvalue weighted by molar-refractivity contribution is 5.69. The number of fused-ring (bicyclic) bond motifs is 2.